The zero-order chi connectivity index (χ0) is 13.8. The summed E-state index contributed by atoms with van der Waals surface area (Å²) in [5.74, 6) is 0.522. The third-order valence-corrected chi connectivity index (χ3v) is 5.05. The van der Waals surface area contributed by atoms with Crippen molar-refractivity contribution in [1.29, 1.82) is 0 Å². The molecule has 3 nitrogen and oxygen atoms in total. The van der Waals surface area contributed by atoms with Crippen molar-refractivity contribution in [2.45, 2.75) is 44.1 Å². The van der Waals surface area contributed by atoms with E-state index in [0.29, 0.717) is 18.0 Å². The van der Waals surface area contributed by atoms with Gasteiger partial charge in [-0.2, -0.15) is 0 Å². The molecule has 0 radical (unpaired) electrons. The largest absolute Gasteiger partial charge is 0.308 e. The van der Waals surface area contributed by atoms with Gasteiger partial charge in [0.1, 0.15) is 5.01 Å². The molecule has 19 heavy (non-hydrogen) atoms. The van der Waals surface area contributed by atoms with Crippen LogP contribution in [0, 0.1) is 0 Å². The van der Waals surface area contributed by atoms with E-state index in [1.807, 2.05) is 0 Å². The molecule has 0 N–H and O–H groups in total. The van der Waals surface area contributed by atoms with Crippen molar-refractivity contribution < 1.29 is 0 Å². The molecule has 1 aliphatic rings. The fourth-order valence-corrected chi connectivity index (χ4v) is 4.22. The minimum atomic E-state index is 0.467. The highest BCUT2D eigenvalue weighted by molar-refractivity contribution is 7.09. The van der Waals surface area contributed by atoms with Crippen LogP contribution in [0.5, 0.6) is 0 Å². The molecule has 0 saturated carbocycles. The van der Waals surface area contributed by atoms with Crippen LogP contribution in [0.3, 0.4) is 0 Å². The Hall–Kier alpha value is -0.160. The maximum absolute atomic E-state index is 5.87. The van der Waals surface area contributed by atoms with Gasteiger partial charge in [-0.05, 0) is 39.9 Å². The molecular formula is C14H24ClN3S. The fourth-order valence-electron chi connectivity index (χ4n) is 2.97. The Bertz CT molecular complexity index is 394. The number of rotatable bonds is 6. The fraction of sp³-hybridized carbons (Fsp3) is 0.786. The first kappa shape index (κ1) is 15.2. The predicted molar refractivity (Wildman–Crippen MR) is 83.0 cm³/mol. The Morgan fingerprint density at radius 2 is 2.37 bits per heavy atom. The summed E-state index contributed by atoms with van der Waals surface area (Å²) in [4.78, 5) is 9.63. The highest BCUT2D eigenvalue weighted by Crippen LogP contribution is 2.33. The van der Waals surface area contributed by atoms with Gasteiger partial charge in [0.05, 0.1) is 17.6 Å². The summed E-state index contributed by atoms with van der Waals surface area (Å²) < 4.78 is 0. The Morgan fingerprint density at radius 3 is 2.95 bits per heavy atom. The number of thiazole rings is 1. The molecule has 1 aliphatic heterocycles. The third-order valence-electron chi connectivity index (χ3n) is 3.78. The van der Waals surface area contributed by atoms with Crippen molar-refractivity contribution in [2.24, 2.45) is 0 Å². The van der Waals surface area contributed by atoms with Crippen LogP contribution in [-0.2, 0) is 5.88 Å². The molecular weight excluding hydrogens is 278 g/mol. The van der Waals surface area contributed by atoms with Gasteiger partial charge in [-0.3, -0.25) is 4.90 Å². The molecule has 1 aromatic rings. The van der Waals surface area contributed by atoms with Crippen LogP contribution >= 0.6 is 22.9 Å². The smallest absolute Gasteiger partial charge is 0.110 e. The van der Waals surface area contributed by atoms with E-state index >= 15 is 0 Å². The number of hydrogen-bond donors (Lipinski definition) is 0. The molecule has 1 fully saturated rings. The van der Waals surface area contributed by atoms with Crippen LogP contribution in [0.1, 0.15) is 42.9 Å². The number of aromatic nitrogens is 1. The molecule has 0 aromatic carbocycles. The van der Waals surface area contributed by atoms with Gasteiger partial charge in [0.25, 0.3) is 0 Å². The summed E-state index contributed by atoms with van der Waals surface area (Å²) in [7, 11) is 4.32. The number of hydrogen-bond acceptors (Lipinski definition) is 4. The van der Waals surface area contributed by atoms with E-state index in [4.69, 9.17) is 11.6 Å². The topological polar surface area (TPSA) is 19.4 Å². The summed E-state index contributed by atoms with van der Waals surface area (Å²) in [6, 6.07) is 1.14. The maximum atomic E-state index is 5.87. The summed E-state index contributed by atoms with van der Waals surface area (Å²) in [5, 5.41) is 3.34. The molecule has 0 aliphatic carbocycles. The van der Waals surface area contributed by atoms with Crippen molar-refractivity contribution in [1.82, 2.24) is 14.8 Å². The Balaban J connectivity index is 2.11. The van der Waals surface area contributed by atoms with E-state index in [0.717, 1.165) is 18.7 Å². The maximum Gasteiger partial charge on any atom is 0.110 e. The first-order chi connectivity index (χ1) is 9.15. The lowest BCUT2D eigenvalue weighted by Crippen LogP contribution is -2.39. The molecule has 0 bridgehead atoms. The lowest BCUT2D eigenvalue weighted by Gasteiger charge is -2.32. The first-order valence-electron chi connectivity index (χ1n) is 7.06. The second kappa shape index (κ2) is 7.02. The van der Waals surface area contributed by atoms with Crippen LogP contribution in [0.4, 0.5) is 0 Å². The average molecular weight is 302 g/mol. The Kier molecular flexibility index (Phi) is 5.63. The second-order valence-electron chi connectivity index (χ2n) is 5.53. The normalized spacial score (nSPS) is 22.3. The minimum Gasteiger partial charge on any atom is -0.308 e. The van der Waals surface area contributed by atoms with E-state index in [1.165, 1.54) is 24.4 Å². The van der Waals surface area contributed by atoms with E-state index < -0.39 is 0 Å². The van der Waals surface area contributed by atoms with Gasteiger partial charge < -0.3 is 4.90 Å². The van der Waals surface area contributed by atoms with Gasteiger partial charge in [0.2, 0.25) is 0 Å². The molecule has 5 heteroatoms. The summed E-state index contributed by atoms with van der Waals surface area (Å²) >= 11 is 7.63. The Labute approximate surface area is 125 Å². The van der Waals surface area contributed by atoms with E-state index in [1.54, 1.807) is 11.3 Å². The van der Waals surface area contributed by atoms with Gasteiger partial charge >= 0.3 is 0 Å². The van der Waals surface area contributed by atoms with Gasteiger partial charge in [0, 0.05) is 18.0 Å². The predicted octanol–water partition coefficient (Wildman–Crippen LogP) is 3.36. The number of likely N-dealkylation sites (tertiary alicyclic amines) is 1. The molecule has 0 amide bonds. The molecule has 2 unspecified atom stereocenters. The number of likely N-dealkylation sites (N-methyl/N-ethyl adjacent to an activating group) is 1. The van der Waals surface area contributed by atoms with E-state index in [-0.39, 0.29) is 0 Å². The van der Waals surface area contributed by atoms with Crippen molar-refractivity contribution in [3.8, 4) is 0 Å². The van der Waals surface area contributed by atoms with Crippen molar-refractivity contribution in [3.63, 3.8) is 0 Å². The van der Waals surface area contributed by atoms with Crippen LogP contribution in [0.25, 0.3) is 0 Å². The monoisotopic (exact) mass is 301 g/mol. The van der Waals surface area contributed by atoms with Crippen molar-refractivity contribution in [2.75, 3.05) is 27.2 Å². The van der Waals surface area contributed by atoms with Crippen molar-refractivity contribution in [3.05, 3.63) is 16.1 Å². The SMILES string of the molecule is CCC(c1nc(CCl)cs1)N1CCCC1CN(C)C. The first-order valence-corrected chi connectivity index (χ1v) is 8.47. The second-order valence-corrected chi connectivity index (χ2v) is 6.69. The number of nitrogens with zero attached hydrogens (tertiary/aromatic N) is 3. The Morgan fingerprint density at radius 1 is 1.58 bits per heavy atom. The molecule has 1 aromatic heterocycles. The van der Waals surface area contributed by atoms with Gasteiger partial charge in [-0.15, -0.1) is 22.9 Å². The zero-order valence-corrected chi connectivity index (χ0v) is 13.7. The van der Waals surface area contributed by atoms with E-state index in [2.05, 4.69) is 41.2 Å². The molecule has 108 valence electrons. The van der Waals surface area contributed by atoms with Gasteiger partial charge in [-0.25, -0.2) is 4.98 Å². The molecule has 2 rings (SSSR count). The molecule has 2 heterocycles. The standard InChI is InChI=1S/C14H24ClN3S/c1-4-13(14-16-11(8-15)10-19-14)18-7-5-6-12(18)9-17(2)3/h10,12-13H,4-9H2,1-3H3. The molecule has 2 atom stereocenters. The minimum absolute atomic E-state index is 0.467. The molecule has 0 spiro atoms. The highest BCUT2D eigenvalue weighted by Gasteiger charge is 2.32. The van der Waals surface area contributed by atoms with Crippen molar-refractivity contribution >= 4 is 22.9 Å². The third kappa shape index (κ3) is 3.69. The summed E-state index contributed by atoms with van der Waals surface area (Å²) in [5.41, 5.74) is 1.02. The lowest BCUT2D eigenvalue weighted by molar-refractivity contribution is 0.148. The summed E-state index contributed by atoms with van der Waals surface area (Å²) in [6.07, 6.45) is 3.74. The van der Waals surface area contributed by atoms with Crippen LogP contribution in [0.15, 0.2) is 5.38 Å². The summed E-state index contributed by atoms with van der Waals surface area (Å²) in [6.45, 7) is 4.61. The zero-order valence-electron chi connectivity index (χ0n) is 12.1. The number of alkyl halides is 1. The average Bonchev–Trinajstić information content (AvgIpc) is 3.00. The quantitative estimate of drug-likeness (QED) is 0.751. The van der Waals surface area contributed by atoms with Crippen LogP contribution in [-0.4, -0.2) is 48.0 Å². The molecule has 1 saturated heterocycles. The van der Waals surface area contributed by atoms with Crippen LogP contribution < -0.4 is 0 Å². The van der Waals surface area contributed by atoms with Gasteiger partial charge in [0.15, 0.2) is 0 Å². The highest BCUT2D eigenvalue weighted by atomic mass is 35.5. The number of halogens is 1. The van der Waals surface area contributed by atoms with Gasteiger partial charge in [-0.1, -0.05) is 6.92 Å². The van der Waals surface area contributed by atoms with Crippen LogP contribution in [0.2, 0.25) is 0 Å². The van der Waals surface area contributed by atoms with E-state index in [9.17, 15) is 0 Å². The lowest BCUT2D eigenvalue weighted by atomic mass is 10.1.